The largest absolute Gasteiger partial charge is 0.508 e. The lowest BCUT2D eigenvalue weighted by Crippen LogP contribution is -2.74. The van der Waals surface area contributed by atoms with E-state index in [-0.39, 0.29) is 28.0 Å². The van der Waals surface area contributed by atoms with Crippen molar-refractivity contribution < 1.29 is 157 Å². The third kappa shape index (κ3) is 13.9. The van der Waals surface area contributed by atoms with Gasteiger partial charge in [0.05, 0.1) is 29.9 Å². The molecule has 0 saturated heterocycles. The Balaban J connectivity index is 2.17. The van der Waals surface area contributed by atoms with E-state index in [4.69, 9.17) is 9.47 Å². The van der Waals surface area contributed by atoms with Crippen LogP contribution in [0.25, 0.3) is 0 Å². The number of rotatable bonds is 30. The summed E-state index contributed by atoms with van der Waals surface area (Å²) >= 11 is 0. The van der Waals surface area contributed by atoms with Crippen LogP contribution in [0.4, 0.5) is 123 Å². The summed E-state index contributed by atoms with van der Waals surface area (Å²) in [6.07, 6.45) is -21.1. The van der Waals surface area contributed by atoms with Gasteiger partial charge in [-0.1, -0.05) is 67.9 Å². The van der Waals surface area contributed by atoms with E-state index < -0.39 is 177 Å². The Morgan fingerprint density at radius 3 is 1.33 bits per heavy atom. The first-order valence-electron chi connectivity index (χ1n) is 23.8. The molecule has 3 rings (SSSR count). The van der Waals surface area contributed by atoms with Crippen LogP contribution in [-0.2, 0) is 37.0 Å². The molecule has 482 valence electrons. The normalized spacial score (nSPS) is 15.7. The van der Waals surface area contributed by atoms with E-state index in [1.165, 1.54) is 67.6 Å². The maximum absolute atomic E-state index is 15.5. The van der Waals surface area contributed by atoms with Crippen molar-refractivity contribution in [2.45, 2.75) is 156 Å². The van der Waals surface area contributed by atoms with E-state index in [1.807, 2.05) is 0 Å². The van der Waals surface area contributed by atoms with E-state index in [1.54, 1.807) is 6.92 Å². The smallest absolute Gasteiger partial charge is 0.460 e. The fourth-order valence-corrected chi connectivity index (χ4v) is 7.85. The van der Waals surface area contributed by atoms with Crippen LogP contribution in [-0.4, -0.2) is 114 Å². The molecule has 0 spiro atoms. The van der Waals surface area contributed by atoms with Gasteiger partial charge in [0, 0.05) is 6.42 Å². The van der Waals surface area contributed by atoms with Crippen LogP contribution in [0.15, 0.2) is 72.8 Å². The van der Waals surface area contributed by atoms with Crippen molar-refractivity contribution >= 4 is 17.9 Å². The van der Waals surface area contributed by atoms with Gasteiger partial charge in [0.15, 0.2) is 6.67 Å². The Kier molecular flexibility index (Phi) is 21.5. The van der Waals surface area contributed by atoms with E-state index in [0.717, 1.165) is 12.1 Å². The zero-order valence-electron chi connectivity index (χ0n) is 43.1. The zero-order valence-corrected chi connectivity index (χ0v) is 43.1. The van der Waals surface area contributed by atoms with Crippen LogP contribution < -0.4 is 0 Å². The van der Waals surface area contributed by atoms with Crippen LogP contribution in [0.5, 0.6) is 5.75 Å². The van der Waals surface area contributed by atoms with Crippen LogP contribution in [0.1, 0.15) is 90.9 Å². The number of hydrogen-bond donors (Lipinski definition) is 1. The molecule has 7 nitrogen and oxygen atoms in total. The third-order valence-electron chi connectivity index (χ3n) is 13.5. The van der Waals surface area contributed by atoms with Gasteiger partial charge in [0.2, 0.25) is 0 Å². The van der Waals surface area contributed by atoms with Gasteiger partial charge in [-0.3, -0.25) is 9.59 Å². The average Bonchev–Trinajstić information content (AvgIpc) is 0.895. The summed E-state index contributed by atoms with van der Waals surface area (Å²) in [7, 11) is 0. The summed E-state index contributed by atoms with van der Waals surface area (Å²) in [5.41, 5.74) is -2.46. The molecule has 0 aliphatic rings. The summed E-state index contributed by atoms with van der Waals surface area (Å²) in [5.74, 6) is -106. The number of benzene rings is 3. The Morgan fingerprint density at radius 2 is 0.882 bits per heavy atom. The Morgan fingerprint density at radius 1 is 0.482 bits per heavy atom. The molecule has 1 N–H and O–H groups in total. The molecule has 35 heteroatoms. The van der Waals surface area contributed by atoms with Crippen molar-refractivity contribution in [3.05, 3.63) is 101 Å². The molecule has 3 aromatic rings. The molecule has 0 bridgehead atoms. The number of phenols is 1. The van der Waals surface area contributed by atoms with Crippen molar-refractivity contribution in [2.75, 3.05) is 13.3 Å². The summed E-state index contributed by atoms with van der Waals surface area (Å²) in [6, 6.07) is 15.3. The maximum Gasteiger partial charge on any atom is 0.460 e. The highest BCUT2D eigenvalue weighted by molar-refractivity contribution is 5.89. The van der Waals surface area contributed by atoms with Crippen molar-refractivity contribution in [2.24, 2.45) is 11.3 Å². The molecule has 3 aromatic carbocycles. The number of aryl methyl sites for hydroxylation is 1. The highest BCUT2D eigenvalue weighted by atomic mass is 19.4. The van der Waals surface area contributed by atoms with Crippen LogP contribution >= 0.6 is 0 Å². The molecule has 0 saturated carbocycles. The van der Waals surface area contributed by atoms with Gasteiger partial charge < -0.3 is 19.3 Å². The third-order valence-corrected chi connectivity index (χ3v) is 13.5. The first-order valence-corrected chi connectivity index (χ1v) is 23.8. The van der Waals surface area contributed by atoms with Crippen molar-refractivity contribution in [1.82, 2.24) is 0 Å². The Hall–Kier alpha value is -6.09. The zero-order chi connectivity index (χ0) is 66.0. The van der Waals surface area contributed by atoms with E-state index in [2.05, 4.69) is 4.74 Å². The number of esters is 3. The molecular formula is C50H44F28O7. The number of aromatic hydroxyl groups is 1. The molecule has 3 unspecified atom stereocenters. The molecule has 0 aliphatic heterocycles. The monoisotopic (exact) mass is 1290 g/mol. The minimum absolute atomic E-state index is 0.0267. The predicted molar refractivity (Wildman–Crippen MR) is 235 cm³/mol. The Labute approximate surface area is 460 Å². The second-order valence-electron chi connectivity index (χ2n) is 19.4. The lowest BCUT2D eigenvalue weighted by Gasteiger charge is -2.42. The van der Waals surface area contributed by atoms with Gasteiger partial charge >= 0.3 is 95.2 Å². The second-order valence-corrected chi connectivity index (χ2v) is 19.4. The van der Waals surface area contributed by atoms with Crippen molar-refractivity contribution in [1.29, 1.82) is 0 Å². The number of phenolic OH excluding ortho intramolecular Hbond substituents is 1. The highest BCUT2D eigenvalue weighted by Gasteiger charge is 2.95. The van der Waals surface area contributed by atoms with Crippen LogP contribution in [0.3, 0.4) is 0 Å². The van der Waals surface area contributed by atoms with Gasteiger partial charge in [0.25, 0.3) is 0 Å². The molecule has 0 fully saturated rings. The molecule has 0 radical (unpaired) electrons. The minimum Gasteiger partial charge on any atom is -0.508 e. The number of ether oxygens (including phenoxy) is 3. The number of carbonyl (C=O) groups excluding carboxylic acids is 3. The molecular weight excluding hydrogens is 1240 g/mol. The quantitative estimate of drug-likeness (QED) is 0.0403. The second kappa shape index (κ2) is 24.9. The van der Waals surface area contributed by atoms with E-state index in [9.17, 15) is 125 Å². The Bertz CT molecular complexity index is 2750. The summed E-state index contributed by atoms with van der Waals surface area (Å²) < 4.78 is 411. The molecule has 0 aliphatic carbocycles. The number of carbonyl (C=O) groups is 3. The van der Waals surface area contributed by atoms with Gasteiger partial charge in [-0.25, -0.2) is 9.18 Å². The number of alkyl halides is 28. The van der Waals surface area contributed by atoms with Gasteiger partial charge in [-0.05, 0) is 79.5 Å². The lowest BCUT2D eigenvalue weighted by atomic mass is 9.70. The van der Waals surface area contributed by atoms with Gasteiger partial charge in [-0.2, -0.15) is 119 Å². The molecule has 3 atom stereocenters. The fraction of sp³-hybridized carbons (Fsp3) is 0.580. The van der Waals surface area contributed by atoms with Crippen LogP contribution in [0.2, 0.25) is 0 Å². The maximum atomic E-state index is 15.5. The van der Waals surface area contributed by atoms with Gasteiger partial charge in [-0.15, -0.1) is 0 Å². The van der Waals surface area contributed by atoms with Crippen molar-refractivity contribution in [3.8, 4) is 5.75 Å². The average molecular weight is 1290 g/mol. The van der Waals surface area contributed by atoms with Crippen molar-refractivity contribution in [3.63, 3.8) is 0 Å². The summed E-state index contributed by atoms with van der Waals surface area (Å²) in [4.78, 5) is 40.4. The molecule has 85 heavy (non-hydrogen) atoms. The lowest BCUT2D eigenvalue weighted by molar-refractivity contribution is -0.461. The minimum atomic E-state index is -9.07. The first kappa shape index (κ1) is 73.2. The van der Waals surface area contributed by atoms with E-state index >= 15 is 17.6 Å². The van der Waals surface area contributed by atoms with Gasteiger partial charge in [0.1, 0.15) is 19.0 Å². The molecule has 0 aromatic heterocycles. The SMILES string of the molecule is CCC(CCC(F)(F)C(F)(F)C(F)(F)C(F)(F)C(F)(F)CF)(CC(CC(C)c1ccc(COC(=O)c2ccc(O)cc2)cc1)C(=O)OCc1ccc(C)cc1)C(=O)OCCC(F)(F)C(F)(F)C(F)(F)C(F)(F)C(F)(F)C(F)(F)C(F)(F)C(F)(F)F. The molecule has 0 amide bonds. The fourth-order valence-electron chi connectivity index (χ4n) is 7.85. The van der Waals surface area contributed by atoms with E-state index in [0.29, 0.717) is 12.5 Å². The molecule has 0 heterocycles. The predicted octanol–water partition coefficient (Wildman–Crippen LogP) is 16.6. The standard InChI is InChI=1S/C50H44F28O7/c1-4-37(17-18-38(52,53)41(58,59)44(64,65)43(62,63)40(56,57)25-51,36(82)83-20-19-39(54,55)42(60,61)45(66,67)46(68,69)47(70,71)48(72,73)49(74,75)50(76,77)78)22-32(35(81)85-23-28-7-5-26(2)6-8-28)21-27(3)30-11-9-29(10-12-30)24-84-34(80)31-13-15-33(79)16-14-31/h5-16,27,32,79H,4,17-25H2,1-3H3. The number of hydrogen-bond acceptors (Lipinski definition) is 7. The highest BCUT2D eigenvalue weighted by Crippen LogP contribution is 2.65. The summed E-state index contributed by atoms with van der Waals surface area (Å²) in [5, 5.41) is 9.44. The topological polar surface area (TPSA) is 99.1 Å². The number of halogens is 28. The first-order chi connectivity index (χ1) is 38.2. The summed E-state index contributed by atoms with van der Waals surface area (Å²) in [6.45, 7) is -4.57. The van der Waals surface area contributed by atoms with Crippen LogP contribution in [0, 0.1) is 18.3 Å².